The van der Waals surface area contributed by atoms with Crippen molar-refractivity contribution in [2.24, 2.45) is 5.92 Å². The Morgan fingerprint density at radius 2 is 1.89 bits per heavy atom. The topological polar surface area (TPSA) is 52.6 Å². The van der Waals surface area contributed by atoms with Crippen molar-refractivity contribution in [1.29, 1.82) is 0 Å². The van der Waals surface area contributed by atoms with E-state index in [1.165, 1.54) is 6.92 Å². The van der Waals surface area contributed by atoms with E-state index in [4.69, 9.17) is 4.74 Å². The summed E-state index contributed by atoms with van der Waals surface area (Å²) in [6.45, 7) is 7.53. The highest BCUT2D eigenvalue weighted by atomic mass is 16.6. The number of ether oxygens (including phenoxy) is 2. The van der Waals surface area contributed by atoms with Crippen molar-refractivity contribution in [3.8, 4) is 0 Å². The minimum atomic E-state index is -0.535. The third-order valence-corrected chi connectivity index (χ3v) is 3.45. The quantitative estimate of drug-likeness (QED) is 0.476. The molecule has 0 aromatic rings. The molecule has 0 rings (SSSR count). The second-order valence-electron chi connectivity index (χ2n) is 5.57. The largest absolute Gasteiger partial charge is 0.393 e. The summed E-state index contributed by atoms with van der Waals surface area (Å²) < 4.78 is 10.1. The molecule has 0 aliphatic heterocycles. The average molecular weight is 272 g/mol. The molecular formula is C15H28O4. The summed E-state index contributed by atoms with van der Waals surface area (Å²) in [5.74, 6) is -0.732. The lowest BCUT2D eigenvalue weighted by atomic mass is 9.91. The van der Waals surface area contributed by atoms with Gasteiger partial charge in [0.05, 0.1) is 5.60 Å². The Kier molecular flexibility index (Phi) is 8.65. The zero-order chi connectivity index (χ0) is 14.9. The SMILES string of the molecule is CCCC(C)(CCCC(C)CC(=O)OC(C)=O)OC. The zero-order valence-electron chi connectivity index (χ0n) is 13.0. The number of hydrogen-bond donors (Lipinski definition) is 0. The van der Waals surface area contributed by atoms with E-state index < -0.39 is 11.9 Å². The molecule has 0 fully saturated rings. The second kappa shape index (κ2) is 9.08. The maximum Gasteiger partial charge on any atom is 0.313 e. The first-order valence-electron chi connectivity index (χ1n) is 7.09. The Morgan fingerprint density at radius 1 is 1.26 bits per heavy atom. The number of esters is 2. The van der Waals surface area contributed by atoms with Crippen molar-refractivity contribution in [1.82, 2.24) is 0 Å². The summed E-state index contributed by atoms with van der Waals surface area (Å²) in [4.78, 5) is 21.9. The van der Waals surface area contributed by atoms with Gasteiger partial charge in [0.2, 0.25) is 0 Å². The molecule has 2 unspecified atom stereocenters. The third-order valence-electron chi connectivity index (χ3n) is 3.45. The van der Waals surface area contributed by atoms with Crippen LogP contribution in [0.3, 0.4) is 0 Å². The average Bonchev–Trinajstić information content (AvgIpc) is 2.27. The van der Waals surface area contributed by atoms with Gasteiger partial charge in [0, 0.05) is 20.5 Å². The Labute approximate surface area is 116 Å². The van der Waals surface area contributed by atoms with Crippen molar-refractivity contribution < 1.29 is 19.1 Å². The van der Waals surface area contributed by atoms with E-state index in [9.17, 15) is 9.59 Å². The van der Waals surface area contributed by atoms with Gasteiger partial charge in [-0.2, -0.15) is 0 Å². The highest BCUT2D eigenvalue weighted by Gasteiger charge is 2.22. The fourth-order valence-corrected chi connectivity index (χ4v) is 2.27. The molecule has 0 aromatic carbocycles. The van der Waals surface area contributed by atoms with Crippen molar-refractivity contribution in [2.75, 3.05) is 7.11 Å². The summed E-state index contributed by atoms with van der Waals surface area (Å²) in [5, 5.41) is 0. The third kappa shape index (κ3) is 8.76. The molecule has 19 heavy (non-hydrogen) atoms. The smallest absolute Gasteiger partial charge is 0.313 e. The highest BCUT2D eigenvalue weighted by molar-refractivity contribution is 5.84. The summed E-state index contributed by atoms with van der Waals surface area (Å²) in [6, 6.07) is 0. The molecule has 0 radical (unpaired) electrons. The Morgan fingerprint density at radius 3 is 2.37 bits per heavy atom. The molecule has 112 valence electrons. The number of hydrogen-bond acceptors (Lipinski definition) is 4. The maximum absolute atomic E-state index is 11.3. The molecular weight excluding hydrogens is 244 g/mol. The minimum Gasteiger partial charge on any atom is -0.393 e. The van der Waals surface area contributed by atoms with E-state index in [0.29, 0.717) is 6.42 Å². The van der Waals surface area contributed by atoms with E-state index in [2.05, 4.69) is 18.6 Å². The van der Waals surface area contributed by atoms with Crippen LogP contribution in [0.15, 0.2) is 0 Å². The molecule has 0 aliphatic rings. The normalized spacial score (nSPS) is 15.6. The van der Waals surface area contributed by atoms with Crippen LogP contribution in [0.25, 0.3) is 0 Å². The summed E-state index contributed by atoms with van der Waals surface area (Å²) in [7, 11) is 1.75. The minimum absolute atomic E-state index is 0.0611. The Balaban J connectivity index is 3.93. The Bertz CT molecular complexity index is 288. The molecule has 0 amide bonds. The van der Waals surface area contributed by atoms with E-state index >= 15 is 0 Å². The van der Waals surface area contributed by atoms with Crippen LogP contribution in [-0.4, -0.2) is 24.6 Å². The number of methoxy groups -OCH3 is 1. The van der Waals surface area contributed by atoms with Crippen molar-refractivity contribution in [3.63, 3.8) is 0 Å². The molecule has 0 saturated heterocycles. The number of rotatable bonds is 9. The number of carbonyl (C=O) groups excluding carboxylic acids is 2. The van der Waals surface area contributed by atoms with E-state index in [-0.39, 0.29) is 11.5 Å². The van der Waals surface area contributed by atoms with E-state index in [1.807, 2.05) is 6.92 Å². The van der Waals surface area contributed by atoms with Gasteiger partial charge in [-0.25, -0.2) is 0 Å². The van der Waals surface area contributed by atoms with E-state index in [0.717, 1.165) is 32.1 Å². The van der Waals surface area contributed by atoms with Gasteiger partial charge in [-0.15, -0.1) is 0 Å². The molecule has 4 heteroatoms. The molecule has 4 nitrogen and oxygen atoms in total. The maximum atomic E-state index is 11.3. The lowest BCUT2D eigenvalue weighted by Crippen LogP contribution is -2.27. The van der Waals surface area contributed by atoms with Gasteiger partial charge < -0.3 is 9.47 Å². The van der Waals surface area contributed by atoms with Crippen LogP contribution in [0.2, 0.25) is 0 Å². The molecule has 2 atom stereocenters. The molecule has 0 heterocycles. The van der Waals surface area contributed by atoms with Gasteiger partial charge in [-0.05, 0) is 25.7 Å². The van der Waals surface area contributed by atoms with Crippen molar-refractivity contribution >= 4 is 11.9 Å². The zero-order valence-corrected chi connectivity index (χ0v) is 13.0. The molecule has 0 saturated carbocycles. The first kappa shape index (κ1) is 18.1. The predicted molar refractivity (Wildman–Crippen MR) is 74.7 cm³/mol. The van der Waals surface area contributed by atoms with Crippen LogP contribution in [0, 0.1) is 5.92 Å². The van der Waals surface area contributed by atoms with Crippen LogP contribution in [0.5, 0.6) is 0 Å². The standard InChI is InChI=1S/C15H28O4/c1-6-9-15(4,18-5)10-7-8-12(2)11-14(17)19-13(3)16/h12H,6-11H2,1-5H3. The molecule has 0 spiro atoms. The number of carbonyl (C=O) groups is 2. The first-order chi connectivity index (χ1) is 8.83. The van der Waals surface area contributed by atoms with Gasteiger partial charge in [-0.1, -0.05) is 33.1 Å². The van der Waals surface area contributed by atoms with Crippen LogP contribution in [0.1, 0.15) is 66.2 Å². The first-order valence-corrected chi connectivity index (χ1v) is 7.09. The van der Waals surface area contributed by atoms with Crippen LogP contribution < -0.4 is 0 Å². The van der Waals surface area contributed by atoms with Crippen LogP contribution >= 0.6 is 0 Å². The van der Waals surface area contributed by atoms with Gasteiger partial charge in [0.15, 0.2) is 0 Å². The molecule has 0 N–H and O–H groups in total. The van der Waals surface area contributed by atoms with Gasteiger partial charge in [-0.3, -0.25) is 9.59 Å². The monoisotopic (exact) mass is 272 g/mol. The lowest BCUT2D eigenvalue weighted by Gasteiger charge is -2.28. The van der Waals surface area contributed by atoms with Crippen LogP contribution in [-0.2, 0) is 19.1 Å². The fraction of sp³-hybridized carbons (Fsp3) is 0.867. The predicted octanol–water partition coefficient (Wildman–Crippen LogP) is 3.48. The fourth-order valence-electron chi connectivity index (χ4n) is 2.27. The van der Waals surface area contributed by atoms with Crippen molar-refractivity contribution in [3.05, 3.63) is 0 Å². The summed E-state index contributed by atoms with van der Waals surface area (Å²) in [5.41, 5.74) is -0.0611. The van der Waals surface area contributed by atoms with Crippen molar-refractivity contribution in [2.45, 2.75) is 71.8 Å². The van der Waals surface area contributed by atoms with Gasteiger partial charge >= 0.3 is 11.9 Å². The van der Waals surface area contributed by atoms with Gasteiger partial charge in [0.1, 0.15) is 0 Å². The molecule has 0 aromatic heterocycles. The van der Waals surface area contributed by atoms with E-state index in [1.54, 1.807) is 7.11 Å². The Hall–Kier alpha value is -0.900. The molecule has 0 bridgehead atoms. The summed E-state index contributed by atoms with van der Waals surface area (Å²) >= 11 is 0. The summed E-state index contributed by atoms with van der Waals surface area (Å²) in [6.07, 6.45) is 5.39. The van der Waals surface area contributed by atoms with Crippen LogP contribution in [0.4, 0.5) is 0 Å². The lowest BCUT2D eigenvalue weighted by molar-refractivity contribution is -0.158. The second-order valence-corrected chi connectivity index (χ2v) is 5.57. The van der Waals surface area contributed by atoms with Gasteiger partial charge in [0.25, 0.3) is 0 Å². The molecule has 0 aliphatic carbocycles. The highest BCUT2D eigenvalue weighted by Crippen LogP contribution is 2.25.